The van der Waals surface area contributed by atoms with E-state index in [9.17, 15) is 9.59 Å². The summed E-state index contributed by atoms with van der Waals surface area (Å²) in [6, 6.07) is -0.654. The quantitative estimate of drug-likeness (QED) is 0.752. The third kappa shape index (κ3) is 3.05. The van der Waals surface area contributed by atoms with E-state index in [4.69, 9.17) is 10.8 Å². The van der Waals surface area contributed by atoms with Crippen molar-refractivity contribution in [2.24, 2.45) is 11.7 Å². The molecular formula is C11H17N3O3S. The molecule has 1 unspecified atom stereocenters. The first-order valence-corrected chi connectivity index (χ1v) is 6.41. The molecule has 7 heteroatoms. The van der Waals surface area contributed by atoms with Crippen molar-refractivity contribution in [1.29, 1.82) is 0 Å². The maximum absolute atomic E-state index is 11.8. The Balaban J connectivity index is 2.86. The average Bonchev–Trinajstić information content (AvgIpc) is 2.68. The monoisotopic (exact) mass is 271 g/mol. The summed E-state index contributed by atoms with van der Waals surface area (Å²) in [6.07, 6.45) is 0.780. The number of hydrogen-bond acceptors (Lipinski definition) is 5. The van der Waals surface area contributed by atoms with Crippen LogP contribution in [0.4, 0.5) is 5.00 Å². The van der Waals surface area contributed by atoms with Gasteiger partial charge in [-0.05, 0) is 24.4 Å². The van der Waals surface area contributed by atoms with Crippen LogP contribution in [0, 0.1) is 12.8 Å². The number of carbonyl (C=O) groups excluding carboxylic acids is 1. The number of nitrogens with zero attached hydrogens (tertiary/aromatic N) is 1. The third-order valence-corrected chi connectivity index (χ3v) is 3.73. The predicted molar refractivity (Wildman–Crippen MR) is 69.9 cm³/mol. The highest BCUT2D eigenvalue weighted by molar-refractivity contribution is 7.11. The van der Waals surface area contributed by atoms with Crippen LogP contribution < -0.4 is 11.1 Å². The van der Waals surface area contributed by atoms with Crippen molar-refractivity contribution in [3.05, 3.63) is 11.3 Å². The molecule has 0 aliphatic rings. The molecule has 4 N–H and O–H groups in total. The molecule has 0 aliphatic heterocycles. The topological polar surface area (TPSA) is 105 Å². The van der Waals surface area contributed by atoms with Crippen LogP contribution >= 0.6 is 11.5 Å². The van der Waals surface area contributed by atoms with Crippen LogP contribution in [-0.4, -0.2) is 27.4 Å². The zero-order chi connectivity index (χ0) is 13.9. The Labute approximate surface area is 109 Å². The van der Waals surface area contributed by atoms with E-state index in [0.29, 0.717) is 5.69 Å². The summed E-state index contributed by atoms with van der Waals surface area (Å²) < 4.78 is 3.92. The highest BCUT2D eigenvalue weighted by Crippen LogP contribution is 2.24. The van der Waals surface area contributed by atoms with Gasteiger partial charge in [0.15, 0.2) is 0 Å². The molecule has 100 valence electrons. The lowest BCUT2D eigenvalue weighted by molar-refractivity contribution is -0.118. The van der Waals surface area contributed by atoms with Gasteiger partial charge in [-0.1, -0.05) is 20.3 Å². The number of hydrogen-bond donors (Lipinski definition) is 3. The maximum Gasteiger partial charge on any atom is 0.340 e. The van der Waals surface area contributed by atoms with E-state index in [1.807, 2.05) is 13.8 Å². The SMILES string of the molecule is CCC(C)[C@H](N)C(=O)Nc1snc(C)c1C(=O)O. The molecule has 1 aromatic rings. The van der Waals surface area contributed by atoms with Crippen molar-refractivity contribution in [3.8, 4) is 0 Å². The molecule has 0 bridgehead atoms. The van der Waals surface area contributed by atoms with Crippen molar-refractivity contribution in [1.82, 2.24) is 4.37 Å². The van der Waals surface area contributed by atoms with Gasteiger partial charge in [0, 0.05) is 0 Å². The van der Waals surface area contributed by atoms with E-state index in [-0.39, 0.29) is 22.4 Å². The maximum atomic E-state index is 11.8. The van der Waals surface area contributed by atoms with Gasteiger partial charge in [-0.2, -0.15) is 4.37 Å². The summed E-state index contributed by atoms with van der Waals surface area (Å²) in [4.78, 5) is 22.9. The number of carbonyl (C=O) groups is 2. The van der Waals surface area contributed by atoms with E-state index in [2.05, 4.69) is 9.69 Å². The highest BCUT2D eigenvalue weighted by atomic mass is 32.1. The van der Waals surface area contributed by atoms with Crippen LogP contribution in [0.2, 0.25) is 0 Å². The number of aromatic carboxylic acids is 1. The van der Waals surface area contributed by atoms with Gasteiger partial charge < -0.3 is 16.2 Å². The number of carboxylic acids is 1. The van der Waals surface area contributed by atoms with Crippen molar-refractivity contribution < 1.29 is 14.7 Å². The Bertz CT molecular complexity index is 458. The van der Waals surface area contributed by atoms with Crippen LogP contribution in [0.3, 0.4) is 0 Å². The molecule has 0 aromatic carbocycles. The second-order valence-corrected chi connectivity index (χ2v) is 4.95. The van der Waals surface area contributed by atoms with E-state index >= 15 is 0 Å². The number of amides is 1. The summed E-state index contributed by atoms with van der Waals surface area (Å²) in [5, 5.41) is 11.8. The van der Waals surface area contributed by atoms with Gasteiger partial charge in [-0.15, -0.1) is 0 Å². The fraction of sp³-hybridized carbons (Fsp3) is 0.545. The first-order valence-electron chi connectivity index (χ1n) is 5.64. The van der Waals surface area contributed by atoms with Crippen molar-refractivity contribution in [2.75, 3.05) is 5.32 Å². The van der Waals surface area contributed by atoms with Crippen LogP contribution in [-0.2, 0) is 4.79 Å². The van der Waals surface area contributed by atoms with Crippen molar-refractivity contribution in [3.63, 3.8) is 0 Å². The first-order chi connectivity index (χ1) is 8.38. The van der Waals surface area contributed by atoms with Gasteiger partial charge in [0.2, 0.25) is 5.91 Å². The fourth-order valence-electron chi connectivity index (χ4n) is 1.41. The predicted octanol–water partition coefficient (Wildman–Crippen LogP) is 1.46. The third-order valence-electron chi connectivity index (χ3n) is 2.87. The largest absolute Gasteiger partial charge is 0.478 e. The molecule has 1 amide bonds. The number of nitrogens with two attached hydrogens (primary N) is 1. The number of aryl methyl sites for hydroxylation is 1. The Morgan fingerprint density at radius 2 is 2.17 bits per heavy atom. The molecule has 18 heavy (non-hydrogen) atoms. The van der Waals surface area contributed by atoms with Gasteiger partial charge in [0.05, 0.1) is 11.7 Å². The summed E-state index contributed by atoms with van der Waals surface area (Å²) in [5.74, 6) is -1.45. The number of anilines is 1. The number of rotatable bonds is 5. The summed E-state index contributed by atoms with van der Waals surface area (Å²) in [6.45, 7) is 5.40. The van der Waals surface area contributed by atoms with Crippen molar-refractivity contribution >= 4 is 28.4 Å². The Morgan fingerprint density at radius 1 is 1.56 bits per heavy atom. The number of aromatic nitrogens is 1. The summed E-state index contributed by atoms with van der Waals surface area (Å²) >= 11 is 0.951. The molecule has 0 saturated heterocycles. The molecule has 0 fully saturated rings. The normalized spacial score (nSPS) is 14.0. The Kier molecular flexibility index (Phi) is 4.80. The Hall–Kier alpha value is -1.47. The molecule has 6 nitrogen and oxygen atoms in total. The molecule has 0 spiro atoms. The van der Waals surface area contributed by atoms with Gasteiger partial charge >= 0.3 is 5.97 Å². The smallest absolute Gasteiger partial charge is 0.340 e. The first kappa shape index (κ1) is 14.6. The average molecular weight is 271 g/mol. The molecule has 1 heterocycles. The Morgan fingerprint density at radius 3 is 2.67 bits per heavy atom. The molecule has 1 rings (SSSR count). The molecule has 1 aromatic heterocycles. The minimum atomic E-state index is -1.10. The lowest BCUT2D eigenvalue weighted by Gasteiger charge is -2.17. The molecule has 2 atom stereocenters. The number of carboxylic acid groups (broad SMARTS) is 1. The van der Waals surface area contributed by atoms with E-state index < -0.39 is 12.0 Å². The van der Waals surface area contributed by atoms with E-state index in [0.717, 1.165) is 18.0 Å². The number of nitrogens with one attached hydrogen (secondary N) is 1. The second kappa shape index (κ2) is 5.92. The van der Waals surface area contributed by atoms with Crippen LogP contribution in [0.15, 0.2) is 0 Å². The zero-order valence-corrected chi connectivity index (χ0v) is 11.4. The van der Waals surface area contributed by atoms with Crippen LogP contribution in [0.1, 0.15) is 36.3 Å². The molecule has 0 radical (unpaired) electrons. The van der Waals surface area contributed by atoms with Gasteiger partial charge in [0.1, 0.15) is 10.6 Å². The van der Waals surface area contributed by atoms with E-state index in [1.165, 1.54) is 0 Å². The fourth-order valence-corrected chi connectivity index (χ4v) is 2.21. The lowest BCUT2D eigenvalue weighted by Crippen LogP contribution is -2.40. The molecule has 0 saturated carbocycles. The van der Waals surface area contributed by atoms with Crippen LogP contribution in [0.25, 0.3) is 0 Å². The van der Waals surface area contributed by atoms with Crippen molar-refractivity contribution in [2.45, 2.75) is 33.2 Å². The standard InChI is InChI=1S/C11H17N3O3S/c1-4-5(2)8(12)9(15)13-10-7(11(16)17)6(3)14-18-10/h5,8H,4,12H2,1-3H3,(H,13,15)(H,16,17)/t5?,8-/m0/s1. The van der Waals surface area contributed by atoms with Gasteiger partial charge in [-0.3, -0.25) is 4.79 Å². The van der Waals surface area contributed by atoms with Gasteiger partial charge in [0.25, 0.3) is 0 Å². The van der Waals surface area contributed by atoms with Gasteiger partial charge in [-0.25, -0.2) is 4.79 Å². The summed E-state index contributed by atoms with van der Waals surface area (Å²) in [5.41, 5.74) is 6.20. The molecule has 0 aliphatic carbocycles. The second-order valence-electron chi connectivity index (χ2n) is 4.18. The minimum absolute atomic E-state index is 0.0321. The zero-order valence-electron chi connectivity index (χ0n) is 10.6. The summed E-state index contributed by atoms with van der Waals surface area (Å²) in [7, 11) is 0. The highest BCUT2D eigenvalue weighted by Gasteiger charge is 2.24. The molecular weight excluding hydrogens is 254 g/mol. The van der Waals surface area contributed by atoms with E-state index in [1.54, 1.807) is 6.92 Å². The lowest BCUT2D eigenvalue weighted by atomic mass is 9.99. The van der Waals surface area contributed by atoms with Crippen LogP contribution in [0.5, 0.6) is 0 Å². The minimum Gasteiger partial charge on any atom is -0.478 e.